The van der Waals surface area contributed by atoms with Crippen molar-refractivity contribution in [2.45, 2.75) is 12.8 Å². The molecule has 0 bridgehead atoms. The summed E-state index contributed by atoms with van der Waals surface area (Å²) < 4.78 is 44.2. The van der Waals surface area contributed by atoms with E-state index in [0.29, 0.717) is 5.82 Å². The minimum atomic E-state index is -1.63. The van der Waals surface area contributed by atoms with Gasteiger partial charge in [-0.15, -0.1) is 0 Å². The SMILES string of the molecule is O=C(CCc1nc(-c2ncn[nH]2)no1)NNc1ccc(F)c(F)c1F. The lowest BCUT2D eigenvalue weighted by atomic mass is 10.3. The van der Waals surface area contributed by atoms with Gasteiger partial charge in [-0.3, -0.25) is 20.7 Å². The minimum absolute atomic E-state index is 0.0731. The number of carbonyl (C=O) groups is 1. The first-order chi connectivity index (χ1) is 12.0. The number of aryl methyl sites for hydroxylation is 1. The molecule has 0 atom stereocenters. The van der Waals surface area contributed by atoms with Crippen LogP contribution in [0.2, 0.25) is 0 Å². The number of nitrogens with zero attached hydrogens (tertiary/aromatic N) is 4. The molecule has 25 heavy (non-hydrogen) atoms. The van der Waals surface area contributed by atoms with E-state index in [2.05, 4.69) is 36.2 Å². The molecule has 1 aromatic carbocycles. The largest absolute Gasteiger partial charge is 0.339 e. The van der Waals surface area contributed by atoms with Crippen LogP contribution in [0.25, 0.3) is 11.6 Å². The molecule has 0 aliphatic carbocycles. The molecule has 0 fully saturated rings. The fourth-order valence-corrected chi connectivity index (χ4v) is 1.81. The fourth-order valence-electron chi connectivity index (χ4n) is 1.81. The first-order valence-electron chi connectivity index (χ1n) is 6.91. The molecule has 0 radical (unpaired) electrons. The van der Waals surface area contributed by atoms with Crippen LogP contribution >= 0.6 is 0 Å². The third-order valence-electron chi connectivity index (χ3n) is 3.03. The molecule has 0 aliphatic rings. The van der Waals surface area contributed by atoms with Crippen LogP contribution in [0.3, 0.4) is 0 Å². The summed E-state index contributed by atoms with van der Waals surface area (Å²) in [5, 5.41) is 9.86. The van der Waals surface area contributed by atoms with Crippen LogP contribution in [-0.4, -0.2) is 31.2 Å². The highest BCUT2D eigenvalue weighted by Gasteiger charge is 2.15. The number of aromatic amines is 1. The van der Waals surface area contributed by atoms with Crippen molar-refractivity contribution in [1.82, 2.24) is 30.7 Å². The number of amides is 1. The summed E-state index contributed by atoms with van der Waals surface area (Å²) in [5.41, 5.74) is 3.92. The van der Waals surface area contributed by atoms with E-state index in [1.165, 1.54) is 6.33 Å². The van der Waals surface area contributed by atoms with Gasteiger partial charge < -0.3 is 4.52 Å². The van der Waals surface area contributed by atoms with Gasteiger partial charge in [0.15, 0.2) is 23.3 Å². The lowest BCUT2D eigenvalue weighted by Crippen LogP contribution is -2.30. The van der Waals surface area contributed by atoms with E-state index in [0.717, 1.165) is 12.1 Å². The highest BCUT2D eigenvalue weighted by Crippen LogP contribution is 2.18. The van der Waals surface area contributed by atoms with E-state index in [9.17, 15) is 18.0 Å². The fraction of sp³-hybridized carbons (Fsp3) is 0.154. The monoisotopic (exact) mass is 353 g/mol. The standard InChI is InChI=1S/C13H10F3N7O2/c14-6-1-2-7(11(16)10(6)15)20-21-8(24)3-4-9-19-13(23-25-9)12-17-5-18-22-12/h1-2,5,20H,3-4H2,(H,21,24)(H,17,18,22). The number of carbonyl (C=O) groups excluding carboxylic acids is 1. The Morgan fingerprint density at radius 1 is 1.24 bits per heavy atom. The number of benzene rings is 1. The van der Waals surface area contributed by atoms with Crippen LogP contribution in [0.5, 0.6) is 0 Å². The van der Waals surface area contributed by atoms with Crippen molar-refractivity contribution in [1.29, 1.82) is 0 Å². The second-order valence-electron chi connectivity index (χ2n) is 4.74. The topological polar surface area (TPSA) is 122 Å². The molecule has 2 aromatic heterocycles. The molecule has 0 saturated heterocycles. The quantitative estimate of drug-likeness (QED) is 0.452. The smallest absolute Gasteiger partial charge is 0.239 e. The molecular formula is C13H10F3N7O2. The molecule has 0 saturated carbocycles. The Morgan fingerprint density at radius 3 is 2.84 bits per heavy atom. The van der Waals surface area contributed by atoms with E-state index < -0.39 is 29.0 Å². The molecule has 1 amide bonds. The maximum Gasteiger partial charge on any atom is 0.239 e. The first kappa shape index (κ1) is 16.4. The molecule has 130 valence electrons. The van der Waals surface area contributed by atoms with Gasteiger partial charge in [-0.05, 0) is 12.1 Å². The molecule has 0 aliphatic heterocycles. The number of halogens is 3. The van der Waals surface area contributed by atoms with E-state index in [-0.39, 0.29) is 24.6 Å². The third-order valence-corrected chi connectivity index (χ3v) is 3.03. The summed E-state index contributed by atoms with van der Waals surface area (Å²) in [7, 11) is 0. The number of hydrogen-bond donors (Lipinski definition) is 3. The Hall–Kier alpha value is -3.44. The number of anilines is 1. The summed E-state index contributed by atoms with van der Waals surface area (Å²) in [6.07, 6.45) is 1.31. The number of aromatic nitrogens is 5. The zero-order chi connectivity index (χ0) is 17.8. The Kier molecular flexibility index (Phi) is 4.59. The lowest BCUT2D eigenvalue weighted by molar-refractivity contribution is -0.120. The van der Waals surface area contributed by atoms with Gasteiger partial charge in [0, 0.05) is 12.8 Å². The van der Waals surface area contributed by atoms with Crippen LogP contribution in [0.1, 0.15) is 12.3 Å². The molecule has 12 heteroatoms. The van der Waals surface area contributed by atoms with Crippen LogP contribution < -0.4 is 10.9 Å². The highest BCUT2D eigenvalue weighted by atomic mass is 19.2. The Labute approximate surface area is 137 Å². The van der Waals surface area contributed by atoms with Gasteiger partial charge in [-0.2, -0.15) is 10.1 Å². The maximum atomic E-state index is 13.4. The number of H-pyrrole nitrogens is 1. The lowest BCUT2D eigenvalue weighted by Gasteiger charge is -2.09. The Bertz CT molecular complexity index is 882. The van der Waals surface area contributed by atoms with Crippen molar-refractivity contribution in [3.63, 3.8) is 0 Å². The summed E-state index contributed by atoms with van der Waals surface area (Å²) in [4.78, 5) is 19.6. The number of rotatable bonds is 6. The molecule has 3 N–H and O–H groups in total. The highest BCUT2D eigenvalue weighted by molar-refractivity contribution is 5.77. The summed E-state index contributed by atoms with van der Waals surface area (Å²) in [6.45, 7) is 0. The molecular weight excluding hydrogens is 343 g/mol. The van der Waals surface area contributed by atoms with Gasteiger partial charge in [-0.1, -0.05) is 5.16 Å². The van der Waals surface area contributed by atoms with Crippen molar-refractivity contribution >= 4 is 11.6 Å². The molecule has 0 spiro atoms. The van der Waals surface area contributed by atoms with Crippen molar-refractivity contribution in [3.05, 3.63) is 41.8 Å². The predicted molar refractivity (Wildman–Crippen MR) is 76.1 cm³/mol. The predicted octanol–water partition coefficient (Wildman–Crippen LogP) is 1.35. The number of hydrazine groups is 1. The summed E-state index contributed by atoms with van der Waals surface area (Å²) in [6, 6.07) is 1.69. The van der Waals surface area contributed by atoms with Crippen LogP contribution in [-0.2, 0) is 11.2 Å². The van der Waals surface area contributed by atoms with Gasteiger partial charge in [-0.25, -0.2) is 18.2 Å². The summed E-state index contributed by atoms with van der Waals surface area (Å²) >= 11 is 0. The zero-order valence-electron chi connectivity index (χ0n) is 12.4. The second-order valence-corrected chi connectivity index (χ2v) is 4.74. The van der Waals surface area contributed by atoms with Crippen molar-refractivity contribution < 1.29 is 22.5 Å². The minimum Gasteiger partial charge on any atom is -0.339 e. The van der Waals surface area contributed by atoms with Gasteiger partial charge in [0.1, 0.15) is 6.33 Å². The molecule has 3 aromatic rings. The average molecular weight is 353 g/mol. The van der Waals surface area contributed by atoms with E-state index in [1.54, 1.807) is 0 Å². The van der Waals surface area contributed by atoms with Crippen LogP contribution in [0, 0.1) is 17.5 Å². The van der Waals surface area contributed by atoms with Crippen molar-refractivity contribution in [2.24, 2.45) is 0 Å². The van der Waals surface area contributed by atoms with Gasteiger partial charge in [0.05, 0.1) is 5.69 Å². The Morgan fingerprint density at radius 2 is 2.08 bits per heavy atom. The van der Waals surface area contributed by atoms with Crippen LogP contribution in [0.15, 0.2) is 23.0 Å². The van der Waals surface area contributed by atoms with E-state index >= 15 is 0 Å². The normalized spacial score (nSPS) is 10.7. The first-order valence-corrected chi connectivity index (χ1v) is 6.91. The van der Waals surface area contributed by atoms with Gasteiger partial charge in [0.25, 0.3) is 0 Å². The van der Waals surface area contributed by atoms with Crippen molar-refractivity contribution in [2.75, 3.05) is 5.43 Å². The number of nitrogens with one attached hydrogen (secondary N) is 3. The van der Waals surface area contributed by atoms with Gasteiger partial charge >= 0.3 is 0 Å². The van der Waals surface area contributed by atoms with E-state index in [4.69, 9.17) is 4.52 Å². The average Bonchev–Trinajstić information content (AvgIpc) is 3.28. The van der Waals surface area contributed by atoms with E-state index in [1.807, 2.05) is 0 Å². The maximum absolute atomic E-state index is 13.4. The molecule has 2 heterocycles. The molecule has 3 rings (SSSR count). The molecule has 9 nitrogen and oxygen atoms in total. The number of hydrogen-bond acceptors (Lipinski definition) is 7. The van der Waals surface area contributed by atoms with Crippen molar-refractivity contribution in [3.8, 4) is 11.6 Å². The summed E-state index contributed by atoms with van der Waals surface area (Å²) in [5.74, 6) is -4.26. The third kappa shape index (κ3) is 3.73. The molecule has 0 unspecified atom stereocenters. The zero-order valence-corrected chi connectivity index (χ0v) is 12.4. The Balaban J connectivity index is 1.51. The van der Waals surface area contributed by atoms with Gasteiger partial charge in [0.2, 0.25) is 17.6 Å². The van der Waals surface area contributed by atoms with Crippen LogP contribution in [0.4, 0.5) is 18.9 Å². The second kappa shape index (κ2) is 6.98.